The summed E-state index contributed by atoms with van der Waals surface area (Å²) in [6, 6.07) is 12.1. The Hall–Kier alpha value is -2.28. The molecule has 0 spiro atoms. The van der Waals surface area contributed by atoms with Crippen molar-refractivity contribution >= 4 is 20.0 Å². The molecule has 0 aromatic heterocycles. The number of ether oxygens (including phenoxy) is 2. The van der Waals surface area contributed by atoms with Crippen molar-refractivity contribution in [2.45, 2.75) is 113 Å². The fourth-order valence-electron chi connectivity index (χ4n) is 5.67. The van der Waals surface area contributed by atoms with E-state index in [-0.39, 0.29) is 0 Å². The van der Waals surface area contributed by atoms with Crippen LogP contribution in [0, 0.1) is 0 Å². The SMILES string of the molecule is COc1ccc([C@@]2(F)CCCC[C@@H]2NS(=O)(=O)C(C)C)cc1.COc1ccc([C@]2(F)CCCC[C@@H]2NS(=O)(=O)C(C)C)cc1. The number of halogens is 2. The summed E-state index contributed by atoms with van der Waals surface area (Å²) in [4.78, 5) is 0. The second kappa shape index (κ2) is 14.9. The van der Waals surface area contributed by atoms with Gasteiger partial charge in [-0.15, -0.1) is 0 Å². The van der Waals surface area contributed by atoms with Gasteiger partial charge in [0, 0.05) is 0 Å². The average molecular weight is 659 g/mol. The lowest BCUT2D eigenvalue weighted by atomic mass is 9.77. The number of alkyl halides is 2. The molecule has 0 heterocycles. The van der Waals surface area contributed by atoms with Crippen LogP contribution in [0.1, 0.15) is 90.2 Å². The number of hydrogen-bond acceptors (Lipinski definition) is 6. The molecule has 4 rings (SSSR count). The molecule has 2 aliphatic carbocycles. The molecule has 2 aromatic rings. The molecule has 0 aliphatic heterocycles. The maximum atomic E-state index is 15.6. The van der Waals surface area contributed by atoms with Gasteiger partial charge in [-0.05, 0) is 102 Å². The largest absolute Gasteiger partial charge is 0.497 e. The highest BCUT2D eigenvalue weighted by Gasteiger charge is 2.46. The van der Waals surface area contributed by atoms with Crippen molar-refractivity contribution < 1.29 is 35.1 Å². The minimum Gasteiger partial charge on any atom is -0.497 e. The number of hydrogen-bond donors (Lipinski definition) is 2. The lowest BCUT2D eigenvalue weighted by Gasteiger charge is -2.38. The first kappa shape index (κ1) is 36.2. The van der Waals surface area contributed by atoms with Crippen LogP contribution in [0.2, 0.25) is 0 Å². The van der Waals surface area contributed by atoms with Gasteiger partial charge in [-0.1, -0.05) is 37.1 Å². The van der Waals surface area contributed by atoms with E-state index in [9.17, 15) is 16.8 Å². The Morgan fingerprint density at radius 2 is 0.955 bits per heavy atom. The standard InChI is InChI=1S/2C16H24FNO3S/c2*1-12(2)22(19,20)18-15-6-4-5-11-16(15,17)13-7-9-14(21-3)10-8-13/h2*7-10,12,15,18H,4-6,11H2,1-3H3/t15-,16+;15-,16-/m00/s1. The Morgan fingerprint density at radius 3 is 1.23 bits per heavy atom. The van der Waals surface area contributed by atoms with Crippen molar-refractivity contribution in [3.63, 3.8) is 0 Å². The van der Waals surface area contributed by atoms with E-state index < -0.39 is 54.0 Å². The molecule has 4 atom stereocenters. The van der Waals surface area contributed by atoms with Crippen LogP contribution in [0.3, 0.4) is 0 Å². The van der Waals surface area contributed by atoms with Crippen LogP contribution in [0.5, 0.6) is 11.5 Å². The molecule has 0 amide bonds. The summed E-state index contributed by atoms with van der Waals surface area (Å²) in [5, 5.41) is -1.15. The van der Waals surface area contributed by atoms with Gasteiger partial charge in [0.2, 0.25) is 20.0 Å². The van der Waals surface area contributed by atoms with E-state index in [0.717, 1.165) is 25.7 Å². The summed E-state index contributed by atoms with van der Waals surface area (Å²) in [7, 11) is -3.90. The van der Waals surface area contributed by atoms with E-state index in [0.29, 0.717) is 48.3 Å². The number of sulfonamides is 2. The second-order valence-electron chi connectivity index (χ2n) is 12.2. The minimum atomic E-state index is -3.50. The van der Waals surface area contributed by atoms with Gasteiger partial charge in [0.25, 0.3) is 0 Å². The van der Waals surface area contributed by atoms with Crippen molar-refractivity contribution in [2.75, 3.05) is 14.2 Å². The van der Waals surface area contributed by atoms with Crippen molar-refractivity contribution in [3.05, 3.63) is 59.7 Å². The number of methoxy groups -OCH3 is 2. The summed E-state index contributed by atoms with van der Waals surface area (Å²) in [5.41, 5.74) is -2.34. The fraction of sp³-hybridized carbons (Fsp3) is 0.625. The highest BCUT2D eigenvalue weighted by atomic mass is 32.2. The fourth-order valence-corrected chi connectivity index (χ4v) is 7.61. The highest BCUT2D eigenvalue weighted by molar-refractivity contribution is 7.90. The molecule has 8 nitrogen and oxygen atoms in total. The Bertz CT molecular complexity index is 1310. The van der Waals surface area contributed by atoms with Gasteiger partial charge in [0.05, 0.1) is 36.8 Å². The van der Waals surface area contributed by atoms with Gasteiger partial charge in [-0.3, -0.25) is 0 Å². The normalized spacial score (nSPS) is 26.1. The summed E-state index contributed by atoms with van der Waals surface area (Å²) in [6.07, 6.45) is 4.82. The molecule has 2 aromatic carbocycles. The first-order chi connectivity index (χ1) is 20.6. The quantitative estimate of drug-likeness (QED) is 0.312. The number of rotatable bonds is 10. The lowest BCUT2D eigenvalue weighted by molar-refractivity contribution is 0.0711. The Balaban J connectivity index is 0.000000240. The van der Waals surface area contributed by atoms with Crippen molar-refractivity contribution in [3.8, 4) is 11.5 Å². The first-order valence-corrected chi connectivity index (χ1v) is 18.4. The van der Waals surface area contributed by atoms with Gasteiger partial charge in [0.15, 0.2) is 11.3 Å². The molecule has 0 bridgehead atoms. The third-order valence-corrected chi connectivity index (χ3v) is 12.4. The van der Waals surface area contributed by atoms with E-state index >= 15 is 8.78 Å². The van der Waals surface area contributed by atoms with Crippen LogP contribution in [0.25, 0.3) is 0 Å². The Morgan fingerprint density at radius 1 is 0.636 bits per heavy atom. The number of benzene rings is 2. The average Bonchev–Trinajstić information content (AvgIpc) is 2.99. The van der Waals surface area contributed by atoms with Crippen LogP contribution in [-0.4, -0.2) is 53.6 Å². The second-order valence-corrected chi connectivity index (χ2v) is 16.7. The molecule has 0 unspecified atom stereocenters. The molecule has 2 aliphatic rings. The molecule has 2 N–H and O–H groups in total. The van der Waals surface area contributed by atoms with E-state index in [4.69, 9.17) is 9.47 Å². The van der Waals surface area contributed by atoms with Crippen molar-refractivity contribution in [1.29, 1.82) is 0 Å². The summed E-state index contributed by atoms with van der Waals surface area (Å²) >= 11 is 0. The monoisotopic (exact) mass is 658 g/mol. The molecule has 12 heteroatoms. The van der Waals surface area contributed by atoms with Gasteiger partial charge in [-0.25, -0.2) is 35.1 Å². The minimum absolute atomic E-state index is 0.324. The van der Waals surface area contributed by atoms with E-state index in [2.05, 4.69) is 9.44 Å². The predicted molar refractivity (Wildman–Crippen MR) is 170 cm³/mol. The summed E-state index contributed by atoms with van der Waals surface area (Å²) < 4.78 is 95.1. The molecule has 2 saturated carbocycles. The van der Waals surface area contributed by atoms with Crippen LogP contribution in [-0.2, 0) is 31.4 Å². The first-order valence-electron chi connectivity index (χ1n) is 15.3. The molecular formula is C32H48F2N2O6S2. The molecule has 0 saturated heterocycles. The van der Waals surface area contributed by atoms with Crippen molar-refractivity contribution in [2.24, 2.45) is 0 Å². The topological polar surface area (TPSA) is 111 Å². The molecule has 2 fully saturated rings. The van der Waals surface area contributed by atoms with Crippen LogP contribution in [0.15, 0.2) is 48.5 Å². The van der Waals surface area contributed by atoms with Gasteiger partial charge in [0.1, 0.15) is 11.5 Å². The van der Waals surface area contributed by atoms with Gasteiger partial charge in [-0.2, -0.15) is 0 Å². The summed E-state index contributed by atoms with van der Waals surface area (Å²) in [6.45, 7) is 6.38. The third-order valence-electron chi connectivity index (χ3n) is 8.67. The number of nitrogens with one attached hydrogen (secondary N) is 2. The molecule has 248 valence electrons. The smallest absolute Gasteiger partial charge is 0.214 e. The van der Waals surface area contributed by atoms with E-state index in [1.807, 2.05) is 0 Å². The van der Waals surface area contributed by atoms with Gasteiger partial charge >= 0.3 is 0 Å². The molecule has 0 radical (unpaired) electrons. The van der Waals surface area contributed by atoms with E-state index in [1.165, 1.54) is 0 Å². The van der Waals surface area contributed by atoms with Crippen LogP contribution in [0.4, 0.5) is 8.78 Å². The van der Waals surface area contributed by atoms with Crippen LogP contribution < -0.4 is 18.9 Å². The Kier molecular flexibility index (Phi) is 12.2. The maximum absolute atomic E-state index is 15.6. The predicted octanol–water partition coefficient (Wildman–Crippen LogP) is 6.26. The lowest BCUT2D eigenvalue weighted by Crippen LogP contribution is -2.51. The van der Waals surface area contributed by atoms with Crippen molar-refractivity contribution in [1.82, 2.24) is 9.44 Å². The highest BCUT2D eigenvalue weighted by Crippen LogP contribution is 2.43. The zero-order valence-corrected chi connectivity index (χ0v) is 28.2. The third kappa shape index (κ3) is 8.50. The van der Waals surface area contributed by atoms with Gasteiger partial charge < -0.3 is 9.47 Å². The zero-order chi connectivity index (χ0) is 32.8. The van der Waals surface area contributed by atoms with E-state index in [1.54, 1.807) is 90.4 Å². The summed E-state index contributed by atoms with van der Waals surface area (Å²) in [5.74, 6) is 1.31. The Labute approximate surface area is 262 Å². The molecular weight excluding hydrogens is 610 g/mol. The maximum Gasteiger partial charge on any atom is 0.214 e. The zero-order valence-electron chi connectivity index (χ0n) is 26.6. The molecule has 44 heavy (non-hydrogen) atoms. The van der Waals surface area contributed by atoms with Crippen LogP contribution >= 0.6 is 0 Å².